The van der Waals surface area contributed by atoms with Gasteiger partial charge in [-0.2, -0.15) is 11.8 Å². The van der Waals surface area contributed by atoms with Crippen LogP contribution in [0.25, 0.3) is 0 Å². The van der Waals surface area contributed by atoms with Crippen molar-refractivity contribution in [2.24, 2.45) is 0 Å². The number of aliphatic hydroxyl groups is 1. The van der Waals surface area contributed by atoms with Crippen LogP contribution in [0.4, 0.5) is 4.39 Å². The molecule has 16 heavy (non-hydrogen) atoms. The Morgan fingerprint density at radius 1 is 1.50 bits per heavy atom. The third-order valence-electron chi connectivity index (χ3n) is 2.29. The summed E-state index contributed by atoms with van der Waals surface area (Å²) in [5.41, 5.74) is 0.487. The van der Waals surface area contributed by atoms with Crippen molar-refractivity contribution < 1.29 is 9.50 Å². The average molecular weight is 263 g/mol. The number of halogens is 2. The number of aliphatic hydroxyl groups excluding tert-OH is 1. The minimum atomic E-state index is -0.494. The van der Waals surface area contributed by atoms with Crippen LogP contribution < -0.4 is 0 Å². The number of hydrogen-bond donors (Lipinski definition) is 1. The van der Waals surface area contributed by atoms with Crippen LogP contribution in [0.5, 0.6) is 0 Å². The van der Waals surface area contributed by atoms with E-state index in [4.69, 9.17) is 11.6 Å². The lowest BCUT2D eigenvalue weighted by Gasteiger charge is -2.11. The van der Waals surface area contributed by atoms with E-state index in [9.17, 15) is 9.50 Å². The highest BCUT2D eigenvalue weighted by molar-refractivity contribution is 7.99. The van der Waals surface area contributed by atoms with Gasteiger partial charge in [-0.25, -0.2) is 4.39 Å². The molecular formula is C12H16ClFOS. The molecule has 1 unspecified atom stereocenters. The molecule has 0 heterocycles. The molecule has 1 rings (SSSR count). The highest BCUT2D eigenvalue weighted by Gasteiger charge is 2.11. The highest BCUT2D eigenvalue weighted by Crippen LogP contribution is 2.20. The van der Waals surface area contributed by atoms with Crippen LogP contribution in [-0.2, 0) is 6.42 Å². The fourth-order valence-electron chi connectivity index (χ4n) is 1.43. The molecule has 1 N–H and O–H groups in total. The monoisotopic (exact) mass is 262 g/mol. The van der Waals surface area contributed by atoms with E-state index in [2.05, 4.69) is 6.92 Å². The van der Waals surface area contributed by atoms with Crippen LogP contribution in [0.3, 0.4) is 0 Å². The van der Waals surface area contributed by atoms with E-state index < -0.39 is 11.9 Å². The van der Waals surface area contributed by atoms with Crippen LogP contribution in [0.1, 0.15) is 18.9 Å². The van der Waals surface area contributed by atoms with Gasteiger partial charge in [0.25, 0.3) is 0 Å². The van der Waals surface area contributed by atoms with Gasteiger partial charge >= 0.3 is 0 Å². The van der Waals surface area contributed by atoms with Crippen LogP contribution in [0.15, 0.2) is 18.2 Å². The van der Waals surface area contributed by atoms with Gasteiger partial charge in [0, 0.05) is 6.42 Å². The molecule has 0 spiro atoms. The van der Waals surface area contributed by atoms with Crippen molar-refractivity contribution in [1.82, 2.24) is 0 Å². The minimum absolute atomic E-state index is 0.118. The third-order valence-corrected chi connectivity index (χ3v) is 3.51. The second kappa shape index (κ2) is 7.15. The zero-order valence-electron chi connectivity index (χ0n) is 9.25. The van der Waals surface area contributed by atoms with Gasteiger partial charge in [-0.3, -0.25) is 0 Å². The van der Waals surface area contributed by atoms with Crippen molar-refractivity contribution >= 4 is 23.4 Å². The molecule has 0 aliphatic heterocycles. The first-order valence-electron chi connectivity index (χ1n) is 5.33. The predicted molar refractivity (Wildman–Crippen MR) is 68.7 cm³/mol. The van der Waals surface area contributed by atoms with Crippen molar-refractivity contribution in [2.75, 3.05) is 11.5 Å². The third kappa shape index (κ3) is 4.32. The molecule has 0 amide bonds. The number of thioether (sulfide) groups is 1. The Morgan fingerprint density at radius 2 is 2.25 bits per heavy atom. The molecule has 0 fully saturated rings. The predicted octanol–water partition coefficient (Wildman–Crippen LogP) is 3.53. The molecule has 0 saturated carbocycles. The normalized spacial score (nSPS) is 12.8. The van der Waals surface area contributed by atoms with Crippen LogP contribution in [0, 0.1) is 5.82 Å². The minimum Gasteiger partial charge on any atom is -0.393 e. The summed E-state index contributed by atoms with van der Waals surface area (Å²) in [7, 11) is 0. The number of rotatable bonds is 6. The van der Waals surface area contributed by atoms with Gasteiger partial charge in [-0.15, -0.1) is 0 Å². The smallest absolute Gasteiger partial charge is 0.145 e. The lowest BCUT2D eigenvalue weighted by Crippen LogP contribution is -2.12. The maximum Gasteiger partial charge on any atom is 0.145 e. The summed E-state index contributed by atoms with van der Waals surface area (Å²) in [6.45, 7) is 2.08. The molecule has 1 aromatic carbocycles. The van der Waals surface area contributed by atoms with Crippen molar-refractivity contribution in [3.8, 4) is 0 Å². The fraction of sp³-hybridized carbons (Fsp3) is 0.500. The van der Waals surface area contributed by atoms with E-state index in [0.29, 0.717) is 18.4 Å². The zero-order chi connectivity index (χ0) is 12.0. The van der Waals surface area contributed by atoms with E-state index in [1.165, 1.54) is 6.07 Å². The summed E-state index contributed by atoms with van der Waals surface area (Å²) in [5.74, 6) is 1.53. The highest BCUT2D eigenvalue weighted by atomic mass is 35.5. The summed E-state index contributed by atoms with van der Waals surface area (Å²) in [6.07, 6.45) is 0.522. The molecule has 0 aliphatic carbocycles. The Hall–Kier alpha value is -0.250. The van der Waals surface area contributed by atoms with Crippen molar-refractivity contribution in [2.45, 2.75) is 25.9 Å². The molecule has 0 aliphatic rings. The SMILES string of the molecule is CCSCCC(O)Cc1cccc(Cl)c1F. The van der Waals surface area contributed by atoms with Crippen LogP contribution in [0.2, 0.25) is 5.02 Å². The Labute approximate surface area is 105 Å². The maximum atomic E-state index is 13.5. The Bertz CT molecular complexity index is 333. The molecule has 90 valence electrons. The molecule has 1 atom stereocenters. The van der Waals surface area contributed by atoms with E-state index in [0.717, 1.165) is 11.5 Å². The van der Waals surface area contributed by atoms with Crippen molar-refractivity contribution in [3.05, 3.63) is 34.6 Å². The van der Waals surface area contributed by atoms with E-state index in [1.807, 2.05) is 0 Å². The summed E-state index contributed by atoms with van der Waals surface area (Å²) in [5, 5.41) is 9.84. The summed E-state index contributed by atoms with van der Waals surface area (Å²) < 4.78 is 13.5. The Morgan fingerprint density at radius 3 is 2.94 bits per heavy atom. The maximum absolute atomic E-state index is 13.5. The van der Waals surface area contributed by atoms with E-state index in [1.54, 1.807) is 23.9 Å². The molecule has 1 nitrogen and oxygen atoms in total. The average Bonchev–Trinajstić information content (AvgIpc) is 2.25. The summed E-state index contributed by atoms with van der Waals surface area (Å²) in [6, 6.07) is 4.88. The number of hydrogen-bond acceptors (Lipinski definition) is 2. The van der Waals surface area contributed by atoms with Crippen molar-refractivity contribution in [1.29, 1.82) is 0 Å². The Kier molecular flexibility index (Phi) is 6.17. The first kappa shape index (κ1) is 13.8. The van der Waals surface area contributed by atoms with Gasteiger partial charge < -0.3 is 5.11 Å². The molecule has 0 aromatic heterocycles. The van der Waals surface area contributed by atoms with E-state index in [-0.39, 0.29) is 5.02 Å². The van der Waals surface area contributed by atoms with E-state index >= 15 is 0 Å². The quantitative estimate of drug-likeness (QED) is 0.792. The molecule has 1 aromatic rings. The Balaban J connectivity index is 2.49. The van der Waals surface area contributed by atoms with Gasteiger partial charge in [-0.05, 0) is 29.6 Å². The lowest BCUT2D eigenvalue weighted by molar-refractivity contribution is 0.171. The van der Waals surface area contributed by atoms with Gasteiger partial charge in [0.1, 0.15) is 5.82 Å². The molecular weight excluding hydrogens is 247 g/mol. The second-order valence-corrected chi connectivity index (χ2v) is 5.36. The summed E-state index contributed by atoms with van der Waals surface area (Å²) in [4.78, 5) is 0. The van der Waals surface area contributed by atoms with Crippen LogP contribution in [-0.4, -0.2) is 22.7 Å². The lowest BCUT2D eigenvalue weighted by atomic mass is 10.1. The first-order chi connectivity index (χ1) is 7.65. The zero-order valence-corrected chi connectivity index (χ0v) is 10.8. The fourth-order valence-corrected chi connectivity index (χ4v) is 2.35. The van der Waals surface area contributed by atoms with Gasteiger partial charge in [0.05, 0.1) is 11.1 Å². The van der Waals surface area contributed by atoms with Gasteiger partial charge in [-0.1, -0.05) is 30.7 Å². The molecule has 0 radical (unpaired) electrons. The topological polar surface area (TPSA) is 20.2 Å². The van der Waals surface area contributed by atoms with Gasteiger partial charge in [0.2, 0.25) is 0 Å². The molecule has 4 heteroatoms. The van der Waals surface area contributed by atoms with Crippen LogP contribution >= 0.6 is 23.4 Å². The second-order valence-electron chi connectivity index (χ2n) is 3.56. The summed E-state index contributed by atoms with van der Waals surface area (Å²) >= 11 is 7.44. The standard InChI is InChI=1S/C12H16ClFOS/c1-2-16-7-6-10(15)8-9-4-3-5-11(13)12(9)14/h3-5,10,15H,2,6-8H2,1H3. The number of benzene rings is 1. The van der Waals surface area contributed by atoms with Gasteiger partial charge in [0.15, 0.2) is 0 Å². The van der Waals surface area contributed by atoms with Crippen molar-refractivity contribution in [3.63, 3.8) is 0 Å². The molecule has 0 bridgehead atoms. The first-order valence-corrected chi connectivity index (χ1v) is 6.87. The molecule has 0 saturated heterocycles. The largest absolute Gasteiger partial charge is 0.393 e.